The zero-order valence-corrected chi connectivity index (χ0v) is 14.1. The number of benzene rings is 1. The zero-order chi connectivity index (χ0) is 16.2. The summed E-state index contributed by atoms with van der Waals surface area (Å²) >= 11 is 1.58. The SMILES string of the molecule is Cc1ncc(/C=C/C(=O)N2C[C@H](c3ccccc3)OC[C@@H]2C)s1. The quantitative estimate of drug-likeness (QED) is 0.811. The van der Waals surface area contributed by atoms with E-state index in [-0.39, 0.29) is 18.1 Å². The van der Waals surface area contributed by atoms with Gasteiger partial charge in [0.1, 0.15) is 6.10 Å². The van der Waals surface area contributed by atoms with Crippen LogP contribution in [0.5, 0.6) is 0 Å². The molecule has 1 aliphatic rings. The molecule has 5 heteroatoms. The topological polar surface area (TPSA) is 42.4 Å². The van der Waals surface area contributed by atoms with Gasteiger partial charge in [-0.25, -0.2) is 4.98 Å². The number of hydrogen-bond acceptors (Lipinski definition) is 4. The molecule has 0 radical (unpaired) electrons. The van der Waals surface area contributed by atoms with Gasteiger partial charge in [0.25, 0.3) is 0 Å². The standard InChI is InChI=1S/C18H20N2O2S/c1-13-12-22-17(15-6-4-3-5-7-15)11-20(13)18(21)9-8-16-10-19-14(2)23-16/h3-10,13,17H,11-12H2,1-2H3/b9-8+/t13-,17+/m0/s1. The van der Waals surface area contributed by atoms with E-state index in [0.717, 1.165) is 15.4 Å². The van der Waals surface area contributed by atoms with Crippen LogP contribution in [0.4, 0.5) is 0 Å². The van der Waals surface area contributed by atoms with Gasteiger partial charge >= 0.3 is 0 Å². The van der Waals surface area contributed by atoms with Crippen LogP contribution in [0.2, 0.25) is 0 Å². The number of aromatic nitrogens is 1. The highest BCUT2D eigenvalue weighted by molar-refractivity contribution is 7.12. The van der Waals surface area contributed by atoms with Crippen LogP contribution in [0.25, 0.3) is 6.08 Å². The first-order valence-electron chi connectivity index (χ1n) is 7.71. The van der Waals surface area contributed by atoms with Crippen molar-refractivity contribution in [2.45, 2.75) is 26.0 Å². The van der Waals surface area contributed by atoms with Gasteiger partial charge in [-0.3, -0.25) is 4.79 Å². The van der Waals surface area contributed by atoms with E-state index < -0.39 is 0 Å². The number of thiazole rings is 1. The van der Waals surface area contributed by atoms with Crippen LogP contribution in [-0.4, -0.2) is 35.0 Å². The van der Waals surface area contributed by atoms with Crippen molar-refractivity contribution in [2.75, 3.05) is 13.2 Å². The van der Waals surface area contributed by atoms with E-state index in [1.165, 1.54) is 0 Å². The van der Waals surface area contributed by atoms with Crippen molar-refractivity contribution in [1.29, 1.82) is 0 Å². The molecule has 1 aliphatic heterocycles. The molecule has 0 unspecified atom stereocenters. The summed E-state index contributed by atoms with van der Waals surface area (Å²) < 4.78 is 5.90. The lowest BCUT2D eigenvalue weighted by Crippen LogP contribution is -2.47. The van der Waals surface area contributed by atoms with Crippen molar-refractivity contribution >= 4 is 23.3 Å². The maximum Gasteiger partial charge on any atom is 0.247 e. The van der Waals surface area contributed by atoms with Gasteiger partial charge in [-0.2, -0.15) is 0 Å². The van der Waals surface area contributed by atoms with E-state index in [1.54, 1.807) is 23.6 Å². The van der Waals surface area contributed by atoms with Gasteiger partial charge in [0, 0.05) is 17.2 Å². The van der Waals surface area contributed by atoms with E-state index in [2.05, 4.69) is 4.98 Å². The van der Waals surface area contributed by atoms with E-state index >= 15 is 0 Å². The fourth-order valence-corrected chi connectivity index (χ4v) is 3.33. The molecule has 2 heterocycles. The molecule has 0 bridgehead atoms. The third-order valence-electron chi connectivity index (χ3n) is 3.92. The van der Waals surface area contributed by atoms with Crippen LogP contribution in [0.3, 0.4) is 0 Å². The summed E-state index contributed by atoms with van der Waals surface area (Å²) in [6.45, 7) is 5.11. The summed E-state index contributed by atoms with van der Waals surface area (Å²) in [5, 5.41) is 1.00. The Labute approximate surface area is 140 Å². The number of hydrogen-bond donors (Lipinski definition) is 0. The fourth-order valence-electron chi connectivity index (χ4n) is 2.64. The zero-order valence-electron chi connectivity index (χ0n) is 13.3. The maximum absolute atomic E-state index is 12.5. The number of nitrogens with zero attached hydrogens (tertiary/aromatic N) is 2. The summed E-state index contributed by atoms with van der Waals surface area (Å²) in [6, 6.07) is 10.1. The van der Waals surface area contributed by atoms with Crippen molar-refractivity contribution in [3.8, 4) is 0 Å². The predicted octanol–water partition coefficient (Wildman–Crippen LogP) is 3.45. The molecule has 1 fully saturated rings. The molecule has 2 aromatic rings. The lowest BCUT2D eigenvalue weighted by atomic mass is 10.1. The molecule has 4 nitrogen and oxygen atoms in total. The van der Waals surface area contributed by atoms with Crippen molar-refractivity contribution in [2.24, 2.45) is 0 Å². The van der Waals surface area contributed by atoms with Crippen LogP contribution in [-0.2, 0) is 9.53 Å². The molecule has 1 saturated heterocycles. The van der Waals surface area contributed by atoms with Gasteiger partial charge < -0.3 is 9.64 Å². The number of ether oxygens (including phenoxy) is 1. The van der Waals surface area contributed by atoms with Crippen LogP contribution in [0.15, 0.2) is 42.6 Å². The number of carbonyl (C=O) groups is 1. The smallest absolute Gasteiger partial charge is 0.247 e. The second kappa shape index (κ2) is 7.06. The second-order valence-corrected chi connectivity index (χ2v) is 6.95. The van der Waals surface area contributed by atoms with E-state index in [1.807, 2.05) is 55.2 Å². The van der Waals surface area contributed by atoms with Crippen LogP contribution in [0, 0.1) is 6.92 Å². The summed E-state index contributed by atoms with van der Waals surface area (Å²) in [7, 11) is 0. The summed E-state index contributed by atoms with van der Waals surface area (Å²) in [5.41, 5.74) is 1.11. The molecular formula is C18H20N2O2S. The Kier molecular flexibility index (Phi) is 4.88. The Hall–Kier alpha value is -1.98. The molecule has 1 amide bonds. The molecule has 1 aromatic heterocycles. The van der Waals surface area contributed by atoms with Crippen molar-refractivity contribution in [3.05, 3.63) is 58.1 Å². The molecule has 0 N–H and O–H groups in total. The molecule has 23 heavy (non-hydrogen) atoms. The van der Waals surface area contributed by atoms with Gasteiger partial charge in [-0.15, -0.1) is 11.3 Å². The highest BCUT2D eigenvalue weighted by atomic mass is 32.1. The molecular weight excluding hydrogens is 308 g/mol. The summed E-state index contributed by atoms with van der Waals surface area (Å²) in [5.74, 6) is 0.0211. The number of aryl methyl sites for hydroxylation is 1. The number of morpholine rings is 1. The number of carbonyl (C=O) groups excluding carboxylic acids is 1. The lowest BCUT2D eigenvalue weighted by molar-refractivity contribution is -0.139. The third kappa shape index (κ3) is 3.86. The maximum atomic E-state index is 12.5. The van der Waals surface area contributed by atoms with Gasteiger partial charge in [0.15, 0.2) is 0 Å². The molecule has 0 aliphatic carbocycles. The summed E-state index contributed by atoms with van der Waals surface area (Å²) in [4.78, 5) is 19.6. The highest BCUT2D eigenvalue weighted by Crippen LogP contribution is 2.25. The van der Waals surface area contributed by atoms with Crippen molar-refractivity contribution < 1.29 is 9.53 Å². The van der Waals surface area contributed by atoms with Crippen molar-refractivity contribution in [3.63, 3.8) is 0 Å². The van der Waals surface area contributed by atoms with E-state index in [0.29, 0.717) is 13.2 Å². The molecule has 1 aromatic carbocycles. The Morgan fingerprint density at radius 2 is 2.17 bits per heavy atom. The average Bonchev–Trinajstić information content (AvgIpc) is 2.99. The van der Waals surface area contributed by atoms with Gasteiger partial charge in [0.05, 0.1) is 24.2 Å². The Balaban J connectivity index is 1.69. The molecule has 2 atom stereocenters. The predicted molar refractivity (Wildman–Crippen MR) is 92.2 cm³/mol. The lowest BCUT2D eigenvalue weighted by Gasteiger charge is -2.37. The highest BCUT2D eigenvalue weighted by Gasteiger charge is 2.29. The largest absolute Gasteiger partial charge is 0.370 e. The molecule has 0 saturated carbocycles. The Bertz CT molecular complexity index is 696. The van der Waals surface area contributed by atoms with E-state index in [9.17, 15) is 4.79 Å². The van der Waals surface area contributed by atoms with Gasteiger partial charge in [-0.1, -0.05) is 30.3 Å². The monoisotopic (exact) mass is 328 g/mol. The first kappa shape index (κ1) is 15.9. The Morgan fingerprint density at radius 1 is 1.39 bits per heavy atom. The van der Waals surface area contributed by atoms with Crippen molar-refractivity contribution in [1.82, 2.24) is 9.88 Å². The van der Waals surface area contributed by atoms with Gasteiger partial charge in [-0.05, 0) is 25.5 Å². The minimum absolute atomic E-state index is 0.0211. The van der Waals surface area contributed by atoms with Crippen LogP contribution in [0.1, 0.15) is 28.5 Å². The minimum atomic E-state index is -0.0598. The van der Waals surface area contributed by atoms with Crippen LogP contribution >= 0.6 is 11.3 Å². The molecule has 0 spiro atoms. The van der Waals surface area contributed by atoms with Gasteiger partial charge in [0.2, 0.25) is 5.91 Å². The number of rotatable bonds is 3. The first-order chi connectivity index (χ1) is 11.1. The number of amides is 1. The molecule has 3 rings (SSSR count). The normalized spacial score (nSPS) is 21.7. The minimum Gasteiger partial charge on any atom is -0.370 e. The summed E-state index contributed by atoms with van der Waals surface area (Å²) in [6.07, 6.45) is 5.21. The van der Waals surface area contributed by atoms with Crippen LogP contribution < -0.4 is 0 Å². The Morgan fingerprint density at radius 3 is 2.87 bits per heavy atom. The average molecular weight is 328 g/mol. The fraction of sp³-hybridized carbons (Fsp3) is 0.333. The molecule has 120 valence electrons. The second-order valence-electron chi connectivity index (χ2n) is 5.69. The third-order valence-corrected chi connectivity index (χ3v) is 4.79. The first-order valence-corrected chi connectivity index (χ1v) is 8.53. The van der Waals surface area contributed by atoms with E-state index in [4.69, 9.17) is 4.74 Å².